The molecule has 0 aliphatic heterocycles. The normalized spacial score (nSPS) is 13.9. The molecule has 0 N–H and O–H groups in total. The number of rotatable bonds is 5. The molecule has 1 aromatic carbocycles. The maximum atomic E-state index is 12.5. The van der Waals surface area contributed by atoms with Gasteiger partial charge < -0.3 is 9.64 Å². The summed E-state index contributed by atoms with van der Waals surface area (Å²) in [4.78, 5) is 25.7. The number of ether oxygens (including phenoxy) is 1. The monoisotopic (exact) mass is 295 g/mol. The van der Waals surface area contributed by atoms with Crippen LogP contribution in [-0.2, 0) is 9.53 Å². The molecule has 1 aromatic rings. The van der Waals surface area contributed by atoms with E-state index < -0.39 is 0 Å². The average Bonchev–Trinajstić information content (AvgIpc) is 3.23. The molecule has 1 fully saturated rings. The molecule has 5 heteroatoms. The highest BCUT2D eigenvalue weighted by atomic mass is 35.5. The van der Waals surface area contributed by atoms with Crippen molar-refractivity contribution in [2.45, 2.75) is 32.7 Å². The minimum absolute atomic E-state index is 0.00281. The summed E-state index contributed by atoms with van der Waals surface area (Å²) in [5.74, 6) is -0.534. The van der Waals surface area contributed by atoms with Crippen LogP contribution >= 0.6 is 11.6 Å². The van der Waals surface area contributed by atoms with E-state index in [4.69, 9.17) is 16.3 Å². The van der Waals surface area contributed by atoms with Crippen molar-refractivity contribution in [2.75, 3.05) is 13.2 Å². The number of halogens is 1. The van der Waals surface area contributed by atoms with Crippen molar-refractivity contribution >= 4 is 23.5 Å². The molecule has 0 spiro atoms. The topological polar surface area (TPSA) is 46.6 Å². The predicted molar refractivity (Wildman–Crippen MR) is 76.9 cm³/mol. The molecule has 108 valence electrons. The van der Waals surface area contributed by atoms with Gasteiger partial charge in [-0.1, -0.05) is 17.7 Å². The SMILES string of the molecule is CCOC(=O)CN(C(=O)c1ccc(C)c(Cl)c1)C1CC1. The number of nitrogens with zero attached hydrogens (tertiary/aromatic N) is 1. The van der Waals surface area contributed by atoms with Crippen LogP contribution in [0.2, 0.25) is 5.02 Å². The molecule has 1 saturated carbocycles. The van der Waals surface area contributed by atoms with Gasteiger partial charge in [0, 0.05) is 16.6 Å². The van der Waals surface area contributed by atoms with Crippen LogP contribution in [0, 0.1) is 6.92 Å². The minimum atomic E-state index is -0.369. The fourth-order valence-corrected chi connectivity index (χ4v) is 2.17. The zero-order valence-electron chi connectivity index (χ0n) is 11.7. The van der Waals surface area contributed by atoms with Crippen molar-refractivity contribution in [1.29, 1.82) is 0 Å². The Kier molecular flexibility index (Phi) is 4.65. The first-order valence-corrected chi connectivity index (χ1v) is 7.13. The number of esters is 1. The summed E-state index contributed by atoms with van der Waals surface area (Å²) in [6.45, 7) is 3.96. The summed E-state index contributed by atoms with van der Waals surface area (Å²) in [6, 6.07) is 5.35. The summed E-state index contributed by atoms with van der Waals surface area (Å²) >= 11 is 6.05. The third-order valence-corrected chi connectivity index (χ3v) is 3.68. The van der Waals surface area contributed by atoms with Crippen LogP contribution in [0.25, 0.3) is 0 Å². The zero-order valence-corrected chi connectivity index (χ0v) is 12.4. The highest BCUT2D eigenvalue weighted by Gasteiger charge is 2.34. The first-order chi connectivity index (χ1) is 9.52. The molecule has 1 amide bonds. The molecule has 0 bridgehead atoms. The third kappa shape index (κ3) is 3.51. The first kappa shape index (κ1) is 14.9. The summed E-state index contributed by atoms with van der Waals surface area (Å²) < 4.78 is 4.92. The van der Waals surface area contributed by atoms with Crippen molar-refractivity contribution in [3.63, 3.8) is 0 Å². The number of benzene rings is 1. The number of carbonyl (C=O) groups excluding carboxylic acids is 2. The second kappa shape index (κ2) is 6.27. The van der Waals surface area contributed by atoms with Crippen LogP contribution < -0.4 is 0 Å². The second-order valence-corrected chi connectivity index (χ2v) is 5.34. The smallest absolute Gasteiger partial charge is 0.325 e. The van der Waals surface area contributed by atoms with E-state index >= 15 is 0 Å². The Hall–Kier alpha value is -1.55. The second-order valence-electron chi connectivity index (χ2n) is 4.93. The van der Waals surface area contributed by atoms with E-state index in [2.05, 4.69) is 0 Å². The molecular weight excluding hydrogens is 278 g/mol. The standard InChI is InChI=1S/C15H18ClNO3/c1-3-20-14(18)9-17(12-6-7-12)15(19)11-5-4-10(2)13(16)8-11/h4-5,8,12H,3,6-7,9H2,1-2H3. The van der Waals surface area contributed by atoms with Gasteiger partial charge in [-0.15, -0.1) is 0 Å². The molecule has 1 aliphatic rings. The molecule has 0 radical (unpaired) electrons. The van der Waals surface area contributed by atoms with Gasteiger partial charge in [0.2, 0.25) is 0 Å². The lowest BCUT2D eigenvalue weighted by Crippen LogP contribution is -2.38. The zero-order chi connectivity index (χ0) is 14.7. The Morgan fingerprint density at radius 3 is 2.65 bits per heavy atom. The Labute approximate surface area is 123 Å². The van der Waals surface area contributed by atoms with E-state index in [9.17, 15) is 9.59 Å². The van der Waals surface area contributed by atoms with E-state index in [1.807, 2.05) is 13.0 Å². The van der Waals surface area contributed by atoms with Gasteiger partial charge in [-0.05, 0) is 44.4 Å². The van der Waals surface area contributed by atoms with E-state index in [-0.39, 0.29) is 24.5 Å². The van der Waals surface area contributed by atoms with Gasteiger partial charge in [-0.2, -0.15) is 0 Å². The Balaban J connectivity index is 2.14. The van der Waals surface area contributed by atoms with Gasteiger partial charge in [-0.25, -0.2) is 0 Å². The van der Waals surface area contributed by atoms with Gasteiger partial charge in [0.15, 0.2) is 0 Å². The molecule has 20 heavy (non-hydrogen) atoms. The molecular formula is C15H18ClNO3. The van der Waals surface area contributed by atoms with Gasteiger partial charge in [0.05, 0.1) is 6.61 Å². The van der Waals surface area contributed by atoms with Crippen molar-refractivity contribution in [2.24, 2.45) is 0 Å². The van der Waals surface area contributed by atoms with Crippen molar-refractivity contribution < 1.29 is 14.3 Å². The number of hydrogen-bond acceptors (Lipinski definition) is 3. The van der Waals surface area contributed by atoms with Crippen LogP contribution in [0.15, 0.2) is 18.2 Å². The number of amides is 1. The number of aryl methyl sites for hydroxylation is 1. The number of carbonyl (C=O) groups is 2. The Bertz CT molecular complexity index is 526. The maximum Gasteiger partial charge on any atom is 0.325 e. The van der Waals surface area contributed by atoms with Gasteiger partial charge in [0.1, 0.15) is 6.54 Å². The molecule has 0 heterocycles. The van der Waals surface area contributed by atoms with Crippen LogP contribution in [-0.4, -0.2) is 36.0 Å². The van der Waals surface area contributed by atoms with Gasteiger partial charge >= 0.3 is 5.97 Å². The predicted octanol–water partition coefficient (Wildman–Crippen LogP) is 2.82. The minimum Gasteiger partial charge on any atom is -0.465 e. The fraction of sp³-hybridized carbons (Fsp3) is 0.467. The lowest BCUT2D eigenvalue weighted by molar-refractivity contribution is -0.144. The van der Waals surface area contributed by atoms with Gasteiger partial charge in [0.25, 0.3) is 5.91 Å². The van der Waals surface area contributed by atoms with E-state index in [0.717, 1.165) is 18.4 Å². The van der Waals surface area contributed by atoms with E-state index in [1.165, 1.54) is 0 Å². The van der Waals surface area contributed by atoms with Crippen molar-refractivity contribution in [3.8, 4) is 0 Å². The lowest BCUT2D eigenvalue weighted by atomic mass is 10.1. The van der Waals surface area contributed by atoms with Crippen LogP contribution in [0.4, 0.5) is 0 Å². The molecule has 0 aromatic heterocycles. The quantitative estimate of drug-likeness (QED) is 0.785. The largest absolute Gasteiger partial charge is 0.465 e. The highest BCUT2D eigenvalue weighted by Crippen LogP contribution is 2.29. The average molecular weight is 296 g/mol. The Morgan fingerprint density at radius 2 is 2.10 bits per heavy atom. The van der Waals surface area contributed by atoms with Crippen LogP contribution in [0.1, 0.15) is 35.7 Å². The van der Waals surface area contributed by atoms with Crippen LogP contribution in [0.5, 0.6) is 0 Å². The lowest BCUT2D eigenvalue weighted by Gasteiger charge is -2.21. The molecule has 0 unspecified atom stereocenters. The fourth-order valence-electron chi connectivity index (χ4n) is 1.99. The summed E-state index contributed by atoms with van der Waals surface area (Å²) in [7, 11) is 0. The molecule has 0 atom stereocenters. The number of hydrogen-bond donors (Lipinski definition) is 0. The highest BCUT2D eigenvalue weighted by molar-refractivity contribution is 6.31. The molecule has 0 saturated heterocycles. The molecule has 1 aliphatic carbocycles. The van der Waals surface area contributed by atoms with E-state index in [0.29, 0.717) is 17.2 Å². The van der Waals surface area contributed by atoms with Crippen LogP contribution in [0.3, 0.4) is 0 Å². The van der Waals surface area contributed by atoms with Gasteiger partial charge in [-0.3, -0.25) is 9.59 Å². The van der Waals surface area contributed by atoms with Crippen molar-refractivity contribution in [3.05, 3.63) is 34.3 Å². The summed E-state index contributed by atoms with van der Waals surface area (Å²) in [5, 5.41) is 0.558. The maximum absolute atomic E-state index is 12.5. The summed E-state index contributed by atoms with van der Waals surface area (Å²) in [5.41, 5.74) is 1.43. The van der Waals surface area contributed by atoms with E-state index in [1.54, 1.807) is 24.0 Å². The van der Waals surface area contributed by atoms with Crippen molar-refractivity contribution in [1.82, 2.24) is 4.90 Å². The third-order valence-electron chi connectivity index (χ3n) is 3.27. The summed E-state index contributed by atoms with van der Waals surface area (Å²) in [6.07, 6.45) is 1.87. The Morgan fingerprint density at radius 1 is 1.40 bits per heavy atom. The first-order valence-electron chi connectivity index (χ1n) is 6.75. The molecule has 4 nitrogen and oxygen atoms in total. The molecule has 2 rings (SSSR count).